The van der Waals surface area contributed by atoms with Crippen molar-refractivity contribution in [3.63, 3.8) is 0 Å². The van der Waals surface area contributed by atoms with Crippen LogP contribution in [0.5, 0.6) is 5.75 Å². The Balaban J connectivity index is 0.000000250. The molecule has 2 heterocycles. The van der Waals surface area contributed by atoms with E-state index in [-0.39, 0.29) is 25.1 Å². The summed E-state index contributed by atoms with van der Waals surface area (Å²) < 4.78 is 10.2. The zero-order valence-electron chi connectivity index (χ0n) is 43.7. The van der Waals surface area contributed by atoms with Crippen molar-refractivity contribution in [1.29, 1.82) is 0 Å². The number of hydrogen-bond donors (Lipinski definition) is 5. The van der Waals surface area contributed by atoms with Gasteiger partial charge in [0.15, 0.2) is 0 Å². The van der Waals surface area contributed by atoms with Gasteiger partial charge in [0.25, 0.3) is 24.2 Å². The lowest BCUT2D eigenvalue weighted by molar-refractivity contribution is -0.120. The molecule has 0 bridgehead atoms. The van der Waals surface area contributed by atoms with Crippen molar-refractivity contribution >= 4 is 58.7 Å². The minimum absolute atomic E-state index is 0. The zero-order chi connectivity index (χ0) is 54.8. The lowest BCUT2D eigenvalue weighted by Gasteiger charge is -2.19. The van der Waals surface area contributed by atoms with Crippen molar-refractivity contribution in [3.05, 3.63) is 226 Å². The van der Waals surface area contributed by atoms with Crippen molar-refractivity contribution in [1.82, 2.24) is 19.9 Å². The number of ether oxygens (including phenoxy) is 2. The fourth-order valence-electron chi connectivity index (χ4n) is 7.31. The highest BCUT2D eigenvalue weighted by atomic mass is 16.6. The summed E-state index contributed by atoms with van der Waals surface area (Å²) in [6.07, 6.45) is 7.02. The number of rotatable bonds is 13. The van der Waals surface area contributed by atoms with E-state index in [1.165, 1.54) is 11.1 Å². The van der Waals surface area contributed by atoms with Gasteiger partial charge in [-0.25, -0.2) is 24.7 Å². The Kier molecular flexibility index (Phi) is 20.9. The normalized spacial score (nSPS) is 10.4. The van der Waals surface area contributed by atoms with Crippen molar-refractivity contribution in [3.8, 4) is 5.75 Å². The maximum absolute atomic E-state index is 13.1. The molecule has 0 saturated carbocycles. The van der Waals surface area contributed by atoms with Crippen LogP contribution in [-0.4, -0.2) is 55.8 Å². The van der Waals surface area contributed by atoms with Crippen LogP contribution in [0.4, 0.5) is 33.2 Å². The summed E-state index contributed by atoms with van der Waals surface area (Å²) in [6, 6.07) is 40.7. The Hall–Kier alpha value is -9.57. The number of hydrogen-bond acceptors (Lipinski definition) is 12. The fraction of sp³-hybridized carbons (Fsp3) is 0.197. The zero-order valence-corrected chi connectivity index (χ0v) is 43.7. The van der Waals surface area contributed by atoms with Gasteiger partial charge in [-0.1, -0.05) is 96.9 Å². The van der Waals surface area contributed by atoms with E-state index in [1.54, 1.807) is 106 Å². The van der Waals surface area contributed by atoms with Crippen LogP contribution >= 0.6 is 0 Å². The lowest BCUT2D eigenvalue weighted by atomic mass is 10.1. The van der Waals surface area contributed by atoms with Crippen LogP contribution in [0.25, 0.3) is 0 Å². The van der Waals surface area contributed by atoms with Gasteiger partial charge >= 0.3 is 6.09 Å². The number of nitrogens with zero attached hydrogens (tertiary/aromatic N) is 4. The van der Waals surface area contributed by atoms with Crippen LogP contribution in [0.1, 0.15) is 110 Å². The van der Waals surface area contributed by atoms with Gasteiger partial charge in [-0.3, -0.25) is 24.5 Å². The molecule has 0 spiro atoms. The largest absolute Gasteiger partial charge is 0.444 e. The monoisotopic (exact) mass is 1040 g/mol. The number of carbonyl (C=O) groups is 5. The third-order valence-corrected chi connectivity index (χ3v) is 11.0. The summed E-state index contributed by atoms with van der Waals surface area (Å²) in [6.45, 7) is 15.4. The highest BCUT2D eigenvalue weighted by molar-refractivity contribution is 6.08. The summed E-state index contributed by atoms with van der Waals surface area (Å²) in [5, 5.41) is 11.2. The summed E-state index contributed by atoms with van der Waals surface area (Å²) >= 11 is 0. The van der Waals surface area contributed by atoms with E-state index in [0.29, 0.717) is 69.6 Å². The Labute approximate surface area is 450 Å². The number of benzene rings is 6. The summed E-state index contributed by atoms with van der Waals surface area (Å²) in [4.78, 5) is 77.4. The van der Waals surface area contributed by atoms with E-state index in [2.05, 4.69) is 66.3 Å². The van der Waals surface area contributed by atoms with Crippen molar-refractivity contribution in [2.75, 3.05) is 27.0 Å². The molecule has 8 rings (SSSR count). The van der Waals surface area contributed by atoms with Crippen molar-refractivity contribution in [2.45, 2.75) is 81.3 Å². The standard InChI is InChI=1S/C32H33N5O4.C16H15NO3.C12H13N3.CH4/c1-20-8-6-10-23(14-20)29(38)35-25-13-12-21(2)27(17-25)30(39)36-26-18-33-28(34-19-26)16-22-9-7-11-24(15-22)37-31(40)41-32(3,4)5;1-11-4-3-5-13(8-11)16(19)17-14-7-6-12(2)15(9-14)20-10-18;1-9-3-2-4-10(5-9)6-12-14-7-11(13)8-15-12;/h6-15,17-19H,16H2,1-5H3,(H,35,38)(H,36,39)(H,37,40);3-10H,1-2H3,(H,17,19);2-5,7-8H,6,13H2,1H3;1H4. The van der Waals surface area contributed by atoms with Gasteiger partial charge in [0.05, 0.1) is 36.2 Å². The molecule has 16 nitrogen and oxygen atoms in total. The predicted molar refractivity (Wildman–Crippen MR) is 304 cm³/mol. The van der Waals surface area contributed by atoms with Gasteiger partial charge in [0.2, 0.25) is 0 Å². The minimum Gasteiger partial charge on any atom is -0.444 e. The van der Waals surface area contributed by atoms with Crippen LogP contribution in [0.15, 0.2) is 158 Å². The fourth-order valence-corrected chi connectivity index (χ4v) is 7.31. The van der Waals surface area contributed by atoms with Crippen LogP contribution < -0.4 is 31.7 Å². The van der Waals surface area contributed by atoms with Crippen LogP contribution in [0.3, 0.4) is 0 Å². The molecule has 0 aliphatic carbocycles. The molecule has 0 atom stereocenters. The second-order valence-electron chi connectivity index (χ2n) is 18.8. The molecule has 6 N–H and O–H groups in total. The summed E-state index contributed by atoms with van der Waals surface area (Å²) in [5.41, 5.74) is 16.2. The Morgan fingerprint density at radius 3 is 1.52 bits per heavy atom. The van der Waals surface area contributed by atoms with Crippen molar-refractivity contribution < 1.29 is 33.4 Å². The average Bonchev–Trinajstić information content (AvgIpc) is 3.37. The van der Waals surface area contributed by atoms with Gasteiger partial charge in [-0.2, -0.15) is 0 Å². The first-order valence-corrected chi connectivity index (χ1v) is 24.2. The number of nitrogens with one attached hydrogen (secondary N) is 4. The predicted octanol–water partition coefficient (Wildman–Crippen LogP) is 12.2. The molecule has 8 aromatic rings. The minimum atomic E-state index is -0.592. The van der Waals surface area contributed by atoms with Gasteiger partial charge in [0, 0.05) is 52.7 Å². The molecule has 0 aliphatic rings. The first kappa shape index (κ1) is 58.3. The van der Waals surface area contributed by atoms with E-state index in [9.17, 15) is 24.0 Å². The Bertz CT molecular complexity index is 3320. The van der Waals surface area contributed by atoms with Gasteiger partial charge < -0.3 is 31.2 Å². The van der Waals surface area contributed by atoms with E-state index >= 15 is 0 Å². The van der Waals surface area contributed by atoms with Gasteiger partial charge in [0.1, 0.15) is 23.0 Å². The third-order valence-electron chi connectivity index (χ3n) is 11.0. The number of amides is 4. The molecule has 0 radical (unpaired) electrons. The molecule has 396 valence electrons. The Morgan fingerprint density at radius 1 is 0.519 bits per heavy atom. The number of anilines is 5. The Morgan fingerprint density at radius 2 is 0.987 bits per heavy atom. The highest BCUT2D eigenvalue weighted by Crippen LogP contribution is 2.24. The lowest BCUT2D eigenvalue weighted by Crippen LogP contribution is -2.27. The number of nitrogens with two attached hydrogens (primary N) is 1. The second kappa shape index (κ2) is 27.6. The van der Waals surface area contributed by atoms with E-state index < -0.39 is 11.7 Å². The molecule has 0 fully saturated rings. The molecule has 77 heavy (non-hydrogen) atoms. The maximum atomic E-state index is 13.1. The molecule has 0 aliphatic heterocycles. The van der Waals surface area contributed by atoms with Crippen LogP contribution in [0.2, 0.25) is 0 Å². The molecule has 0 unspecified atom stereocenters. The molecule has 0 saturated heterocycles. The average molecular weight is 1040 g/mol. The molecule has 2 aromatic heterocycles. The number of aryl methyl sites for hydroxylation is 5. The molecular weight excluding hydrogens is 971 g/mol. The quantitative estimate of drug-likeness (QED) is 0.0679. The third kappa shape index (κ3) is 19.0. The van der Waals surface area contributed by atoms with Crippen LogP contribution in [0, 0.1) is 34.6 Å². The van der Waals surface area contributed by atoms with Crippen molar-refractivity contribution in [2.24, 2.45) is 0 Å². The number of carbonyl (C=O) groups excluding carboxylic acids is 5. The van der Waals surface area contributed by atoms with E-state index in [4.69, 9.17) is 15.2 Å². The molecule has 4 amide bonds. The molecular formula is C61H65N9O7. The van der Waals surface area contributed by atoms with Crippen LogP contribution in [-0.2, 0) is 22.4 Å². The highest BCUT2D eigenvalue weighted by Gasteiger charge is 2.17. The second-order valence-corrected chi connectivity index (χ2v) is 18.8. The maximum Gasteiger partial charge on any atom is 0.412 e. The smallest absolute Gasteiger partial charge is 0.412 e. The van der Waals surface area contributed by atoms with Gasteiger partial charge in [-0.15, -0.1) is 0 Å². The summed E-state index contributed by atoms with van der Waals surface area (Å²) in [7, 11) is 0. The molecule has 16 heteroatoms. The first-order chi connectivity index (χ1) is 36.3. The summed E-state index contributed by atoms with van der Waals surface area (Å²) in [5.74, 6) is 0.992. The number of nitrogen functional groups attached to an aromatic ring is 1. The number of aromatic nitrogens is 4. The topological polar surface area (TPSA) is 230 Å². The van der Waals surface area contributed by atoms with Gasteiger partial charge in [-0.05, 0) is 132 Å². The van der Waals surface area contributed by atoms with E-state index in [0.717, 1.165) is 40.1 Å². The van der Waals surface area contributed by atoms with E-state index in [1.807, 2.05) is 82.3 Å². The first-order valence-electron chi connectivity index (χ1n) is 24.2. The molecule has 6 aromatic carbocycles. The SMILES string of the molecule is C.Cc1cccc(C(=O)Nc2ccc(C)c(C(=O)Nc3cnc(Cc4cccc(NC(=O)OC(C)(C)C)c4)nc3)c2)c1.Cc1cccc(C(=O)Nc2ccc(C)c(OC=O)c2)c1.Cc1cccc(Cc2ncc(N)cn2)c1.